The molecular weight excluding hydrogens is 1370 g/mol. The minimum Gasteiger partial charge on any atom is -0.466 e. The maximum absolute atomic E-state index is 8.28. The van der Waals surface area contributed by atoms with E-state index < -0.39 is 188 Å². The molecule has 0 unspecified atom stereocenters. The van der Waals surface area contributed by atoms with Crippen molar-refractivity contribution >= 4 is 256 Å². The van der Waals surface area contributed by atoms with Crippen molar-refractivity contribution in [2.45, 2.75) is 138 Å². The average Bonchev–Trinajstić information content (AvgIpc) is 3.26. The first-order valence-corrected chi connectivity index (χ1v) is 63.9. The van der Waals surface area contributed by atoms with Crippen LogP contribution in [0.5, 0.6) is 0 Å². The standard InChI is InChI=1S/C2H14O2Si4.3CH12O4Si4.7CH6OSi.8CH4.H8O4Si3/c1-5-3-7-8-4-6-2;3*1-6-3-8-5-9-4-7-2;7*1-3-2;;;;;;;;;1-5-3-7-4-6-2/h5-8H2,1-2H3;3*2H,6-9H2,1H3;7*2H,3H2,1H3;8*1H4;1-2H,5-7H2. The Hall–Kier alpha value is 4.64. The van der Waals surface area contributed by atoms with Gasteiger partial charge in [0.2, 0.25) is 0 Å². The molecule has 0 aliphatic heterocycles. The molecule has 0 heterocycles. The van der Waals surface area contributed by atoms with E-state index >= 15 is 0 Å². The second kappa shape index (κ2) is 213. The zero-order valence-electron chi connectivity index (χ0n) is 41.1. The first-order chi connectivity index (χ1) is 30.5. The lowest BCUT2D eigenvalue weighted by Gasteiger charge is -2.01. The summed E-state index contributed by atoms with van der Waals surface area (Å²) < 4.78 is 64.7. The molecule has 0 atom stereocenters. The van der Waals surface area contributed by atoms with Crippen molar-refractivity contribution in [3.05, 3.63) is 0 Å². The van der Waals surface area contributed by atoms with Crippen LogP contribution in [0.3, 0.4) is 0 Å². The maximum atomic E-state index is 8.28. The van der Waals surface area contributed by atoms with Gasteiger partial charge in [-0.15, -0.1) is 0 Å². The van der Waals surface area contributed by atoms with E-state index in [0.717, 1.165) is 0 Å². The Labute approximate surface area is 500 Å². The Morgan fingerprint density at radius 2 is 0.296 bits per heavy atom. The van der Waals surface area contributed by atoms with E-state index in [1.54, 1.807) is 0 Å². The van der Waals surface area contributed by atoms with E-state index in [9.17, 15) is 0 Å². The van der Waals surface area contributed by atoms with Gasteiger partial charge in [-0.3, -0.25) is 0 Å². The van der Waals surface area contributed by atoms with Gasteiger partial charge in [0.15, 0.2) is 86.9 Å². The Morgan fingerprint density at radius 3 is 0.408 bits per heavy atom. The predicted octanol–water partition coefficient (Wildman–Crippen LogP) is -19.3. The fourth-order valence-corrected chi connectivity index (χ4v) is 27.0. The van der Waals surface area contributed by atoms with Crippen LogP contribution >= 0.6 is 0 Å². The van der Waals surface area contributed by atoms with Crippen molar-refractivity contribution in [2.75, 3.05) is 0 Å². The Balaban J connectivity index is -0.0000000226. The summed E-state index contributed by atoms with van der Waals surface area (Å²) in [5.41, 5.74) is 0. The lowest BCUT2D eigenvalue weighted by atomic mass is 11.9. The number of hydrogen-bond donors (Lipinski definition) is 12. The van der Waals surface area contributed by atoms with E-state index in [0.29, 0.717) is 0 Å². The molecule has 25 nitrogen and oxygen atoms in total. The fourth-order valence-electron chi connectivity index (χ4n) is 1.36. The molecule has 0 radical (unpaired) electrons. The predicted molar refractivity (Wildman–Crippen MR) is 387 cm³/mol. The average molecular weight is 1500 g/mol. The largest absolute Gasteiger partial charge is 0.466 e. The second-order valence-electron chi connectivity index (χ2n) is 8.19. The first-order valence-electron chi connectivity index (χ1n) is 20.3. The molecule has 51 heteroatoms. The highest BCUT2D eigenvalue weighted by atomic mass is 29.2. The minimum atomic E-state index is -1.26. The topological polar surface area (TPSA) is 363 Å². The molecule has 0 saturated heterocycles. The van der Waals surface area contributed by atoms with Gasteiger partial charge in [-0.2, -0.15) is 0 Å². The summed E-state index contributed by atoms with van der Waals surface area (Å²) in [6.45, 7) is 23.3. The molecule has 0 aromatic rings. The summed E-state index contributed by atoms with van der Waals surface area (Å²) in [5.74, 6) is 0. The van der Waals surface area contributed by atoms with Crippen molar-refractivity contribution in [1.29, 1.82) is 0 Å². The molecule has 0 aromatic carbocycles. The summed E-state index contributed by atoms with van der Waals surface area (Å²) in [5, 5.41) is 0. The Morgan fingerprint density at radius 1 is 0.183 bits per heavy atom. The van der Waals surface area contributed by atoms with Gasteiger partial charge >= 0.3 is 0 Å². The molecule has 0 aliphatic rings. The van der Waals surface area contributed by atoms with Crippen molar-refractivity contribution in [3.8, 4) is 0 Å². The highest BCUT2D eigenvalue weighted by Crippen LogP contribution is 1.72. The van der Waals surface area contributed by atoms with Gasteiger partial charge in [0.05, 0.1) is 0 Å². The van der Waals surface area contributed by atoms with Gasteiger partial charge in [0.1, 0.15) is 48.8 Å². The molecule has 466 valence electrons. The van der Waals surface area contributed by atoms with Crippen LogP contribution in [-0.4, -0.2) is 313 Å². The number of hydrogen-bond acceptors (Lipinski definition) is 25. The molecule has 0 fully saturated rings. The van der Waals surface area contributed by atoms with Crippen LogP contribution in [0.25, 0.3) is 0 Å². The molecule has 0 amide bonds. The van der Waals surface area contributed by atoms with Gasteiger partial charge in [-0.1, -0.05) is 138 Å². The minimum absolute atomic E-state index is 0. The molecule has 0 saturated carbocycles. The van der Waals surface area contributed by atoms with Crippen molar-refractivity contribution in [3.63, 3.8) is 0 Å². The lowest BCUT2D eigenvalue weighted by molar-refractivity contribution is 0.388. The highest BCUT2D eigenvalue weighted by Gasteiger charge is 1.89. The van der Waals surface area contributed by atoms with E-state index in [1.807, 2.05) is 45.8 Å². The number of rotatable bonds is 27. The van der Waals surface area contributed by atoms with Crippen molar-refractivity contribution < 1.29 is 111 Å². The lowest BCUT2D eigenvalue weighted by Crippen LogP contribution is -2.14. The molecule has 0 bridgehead atoms. The SMILES string of the molecule is C.C.C.C.C.C.C.C.C[SiH2]O.C[SiH2]O.C[SiH2]O.C[SiH2]O.C[SiH2]O.C[SiH2]O.C[SiH2]O.C[SiH2]O[SiH2]O[SiH2]O[SiH2]O.C[SiH2]O[SiH2]O[SiH2]O[SiH2]O.C[SiH2]O[SiH2]O[SiH2]O[SiH2]O.C[SiH2]O[SiH2][SiH2]O[SiH2]C.O[SiH2]O[SiH2]O[SiH2]O. The van der Waals surface area contributed by atoms with Gasteiger partial charge < -0.3 is 111 Å². The van der Waals surface area contributed by atoms with Crippen molar-refractivity contribution in [1.82, 2.24) is 0 Å². The first kappa shape index (κ1) is 136. The molecule has 12 N–H and O–H groups in total. The third-order valence-corrected chi connectivity index (χ3v) is 32.3. The van der Waals surface area contributed by atoms with Crippen LogP contribution < -0.4 is 0 Å². The smallest absolute Gasteiger partial charge is 0.292 e. The van der Waals surface area contributed by atoms with Crippen LogP contribution in [0.1, 0.15) is 59.4 Å². The van der Waals surface area contributed by atoms with E-state index in [2.05, 4.69) is 41.0 Å². The fraction of sp³-hybridized carbons (Fsp3) is 1.00. The van der Waals surface area contributed by atoms with Crippen LogP contribution in [0, 0.1) is 0 Å². The summed E-state index contributed by atoms with van der Waals surface area (Å²) in [4.78, 5) is 95.0. The Kier molecular flexibility index (Phi) is 407. The van der Waals surface area contributed by atoms with Crippen LogP contribution in [-0.2, 0) is 53.5 Å². The monoisotopic (exact) mass is 1500 g/mol. The van der Waals surface area contributed by atoms with Gasteiger partial charge in [0, 0.05) is 0 Å². The van der Waals surface area contributed by atoms with E-state index in [-0.39, 0.29) is 127 Å². The van der Waals surface area contributed by atoms with Gasteiger partial charge in [-0.25, -0.2) is 0 Å². The van der Waals surface area contributed by atoms with Crippen LogP contribution in [0.2, 0.25) is 78.6 Å². The molecular formula is C20H132O25Si26. The maximum Gasteiger partial charge on any atom is 0.292 e. The summed E-state index contributed by atoms with van der Waals surface area (Å²) in [6, 6.07) is 0. The van der Waals surface area contributed by atoms with E-state index in [4.69, 9.17) is 103 Å². The highest BCUT2D eigenvalue weighted by molar-refractivity contribution is 6.96. The van der Waals surface area contributed by atoms with Crippen LogP contribution in [0.4, 0.5) is 0 Å². The zero-order chi connectivity index (χ0) is 51.6. The molecule has 0 aliphatic carbocycles. The third-order valence-electron chi connectivity index (χ3n) is 3.02. The van der Waals surface area contributed by atoms with E-state index in [1.165, 1.54) is 0 Å². The zero-order valence-corrected chi connectivity index (χ0v) is 77.8. The molecule has 71 heavy (non-hydrogen) atoms. The normalized spacial score (nSPS) is 12.0. The summed E-state index contributed by atoms with van der Waals surface area (Å²) in [6.07, 6.45) is 0. The quantitative estimate of drug-likeness (QED) is 0.0268. The van der Waals surface area contributed by atoms with Gasteiger partial charge in [-0.05, 0) is 0 Å². The molecule has 0 spiro atoms. The summed E-state index contributed by atoms with van der Waals surface area (Å²) >= 11 is 0. The third kappa shape index (κ3) is 393. The second-order valence-corrected chi connectivity index (χ2v) is 42.9. The Bertz CT molecular complexity index is 443. The van der Waals surface area contributed by atoms with Crippen LogP contribution in [0.15, 0.2) is 0 Å². The van der Waals surface area contributed by atoms with Crippen molar-refractivity contribution in [2.24, 2.45) is 0 Å². The molecule has 0 aromatic heterocycles. The summed E-state index contributed by atoms with van der Waals surface area (Å²) in [7, 11) is -16.9. The molecule has 0 rings (SSSR count). The van der Waals surface area contributed by atoms with Gasteiger partial charge in [0.25, 0.3) is 120 Å².